The third kappa shape index (κ3) is 4.79. The van der Waals surface area contributed by atoms with Gasteiger partial charge in [0.25, 0.3) is 0 Å². The second-order valence-electron chi connectivity index (χ2n) is 9.78. The monoisotopic (exact) mass is 462 g/mol. The molecular formula is C27H30N2O5. The lowest BCUT2D eigenvalue weighted by Crippen LogP contribution is -2.47. The summed E-state index contributed by atoms with van der Waals surface area (Å²) < 4.78 is 5.61. The van der Waals surface area contributed by atoms with E-state index in [1.54, 1.807) is 0 Å². The van der Waals surface area contributed by atoms with Gasteiger partial charge in [0.15, 0.2) is 0 Å². The van der Waals surface area contributed by atoms with Crippen LogP contribution >= 0.6 is 0 Å². The fourth-order valence-corrected chi connectivity index (χ4v) is 5.30. The van der Waals surface area contributed by atoms with E-state index >= 15 is 0 Å². The van der Waals surface area contributed by atoms with Crippen LogP contribution in [0, 0.1) is 17.8 Å². The largest absolute Gasteiger partial charge is 0.481 e. The highest BCUT2D eigenvalue weighted by Gasteiger charge is 2.37. The summed E-state index contributed by atoms with van der Waals surface area (Å²) in [5.41, 5.74) is 4.72. The first-order chi connectivity index (χ1) is 16.5. The summed E-state index contributed by atoms with van der Waals surface area (Å²) in [6.07, 6.45) is 2.99. The molecule has 2 amide bonds. The Kier molecular flexibility index (Phi) is 6.26. The molecule has 5 rings (SSSR count). The number of fused-ring (bicyclic) bond motifs is 3. The number of nitrogens with one attached hydrogen (secondary N) is 2. The Morgan fingerprint density at radius 1 is 0.971 bits per heavy atom. The zero-order chi connectivity index (χ0) is 23.7. The molecule has 3 aliphatic carbocycles. The van der Waals surface area contributed by atoms with Crippen LogP contribution in [0.2, 0.25) is 0 Å². The van der Waals surface area contributed by atoms with Crippen molar-refractivity contribution in [3.63, 3.8) is 0 Å². The van der Waals surface area contributed by atoms with Crippen LogP contribution in [-0.4, -0.2) is 42.3 Å². The van der Waals surface area contributed by atoms with E-state index in [0.717, 1.165) is 12.8 Å². The number of rotatable bonds is 9. The highest BCUT2D eigenvalue weighted by Crippen LogP contribution is 2.44. The first kappa shape index (κ1) is 22.4. The number of carboxylic acids is 1. The molecule has 0 aromatic heterocycles. The third-order valence-electron chi connectivity index (χ3n) is 7.44. The van der Waals surface area contributed by atoms with Crippen molar-refractivity contribution in [2.24, 2.45) is 17.8 Å². The molecular weight excluding hydrogens is 432 g/mol. The summed E-state index contributed by atoms with van der Waals surface area (Å²) in [7, 11) is 0. The molecule has 7 heteroatoms. The maximum atomic E-state index is 12.5. The zero-order valence-electron chi connectivity index (χ0n) is 19.0. The van der Waals surface area contributed by atoms with E-state index in [2.05, 4.69) is 34.9 Å². The van der Waals surface area contributed by atoms with E-state index in [9.17, 15) is 14.4 Å². The van der Waals surface area contributed by atoms with Gasteiger partial charge in [0.05, 0.1) is 5.92 Å². The summed E-state index contributed by atoms with van der Waals surface area (Å²) in [5, 5.41) is 14.8. The quantitative estimate of drug-likeness (QED) is 0.524. The molecule has 0 saturated heterocycles. The van der Waals surface area contributed by atoms with Gasteiger partial charge in [-0.25, -0.2) is 4.79 Å². The van der Waals surface area contributed by atoms with Crippen molar-refractivity contribution in [1.29, 1.82) is 0 Å². The second-order valence-corrected chi connectivity index (χ2v) is 9.78. The summed E-state index contributed by atoms with van der Waals surface area (Å²) in [4.78, 5) is 35.9. The summed E-state index contributed by atoms with van der Waals surface area (Å²) in [6, 6.07) is 16.4. The summed E-state index contributed by atoms with van der Waals surface area (Å²) in [6.45, 7) is 0.665. The highest BCUT2D eigenvalue weighted by atomic mass is 16.5. The van der Waals surface area contributed by atoms with E-state index in [-0.39, 0.29) is 36.3 Å². The number of benzene rings is 2. The van der Waals surface area contributed by atoms with E-state index in [1.807, 2.05) is 24.3 Å². The number of ether oxygens (including phenoxy) is 1. The van der Waals surface area contributed by atoms with Crippen LogP contribution in [0.5, 0.6) is 0 Å². The fourth-order valence-electron chi connectivity index (χ4n) is 5.30. The second kappa shape index (κ2) is 9.49. The van der Waals surface area contributed by atoms with Gasteiger partial charge in [0, 0.05) is 24.9 Å². The number of alkyl carbamates (subject to hydrolysis) is 1. The van der Waals surface area contributed by atoms with Crippen molar-refractivity contribution in [3.05, 3.63) is 59.7 Å². The van der Waals surface area contributed by atoms with Crippen molar-refractivity contribution in [3.8, 4) is 11.1 Å². The predicted molar refractivity (Wildman–Crippen MR) is 126 cm³/mol. The van der Waals surface area contributed by atoms with Crippen molar-refractivity contribution < 1.29 is 24.2 Å². The van der Waals surface area contributed by atoms with Crippen LogP contribution in [0.3, 0.4) is 0 Å². The van der Waals surface area contributed by atoms with Crippen LogP contribution < -0.4 is 10.6 Å². The first-order valence-corrected chi connectivity index (χ1v) is 12.1. The molecule has 34 heavy (non-hydrogen) atoms. The maximum Gasteiger partial charge on any atom is 0.407 e. The molecule has 3 aliphatic rings. The Morgan fingerprint density at radius 2 is 1.59 bits per heavy atom. The van der Waals surface area contributed by atoms with Gasteiger partial charge in [-0.1, -0.05) is 48.5 Å². The highest BCUT2D eigenvalue weighted by molar-refractivity contribution is 5.79. The summed E-state index contributed by atoms with van der Waals surface area (Å²) in [5.74, 6) is -0.697. The number of hydrogen-bond acceptors (Lipinski definition) is 4. The van der Waals surface area contributed by atoms with Crippen LogP contribution in [0.25, 0.3) is 11.1 Å². The topological polar surface area (TPSA) is 105 Å². The van der Waals surface area contributed by atoms with Gasteiger partial charge in [-0.3, -0.25) is 9.59 Å². The average molecular weight is 463 g/mol. The third-order valence-corrected chi connectivity index (χ3v) is 7.44. The van der Waals surface area contributed by atoms with Crippen LogP contribution in [0.4, 0.5) is 4.79 Å². The van der Waals surface area contributed by atoms with E-state index in [4.69, 9.17) is 9.84 Å². The van der Waals surface area contributed by atoms with Crippen LogP contribution in [0.15, 0.2) is 48.5 Å². The molecule has 2 aromatic rings. The Morgan fingerprint density at radius 3 is 2.18 bits per heavy atom. The first-order valence-electron chi connectivity index (χ1n) is 12.1. The minimum atomic E-state index is -0.798. The lowest BCUT2D eigenvalue weighted by molar-refractivity contribution is -0.146. The fraction of sp³-hybridized carbons (Fsp3) is 0.444. The van der Waals surface area contributed by atoms with E-state index in [1.165, 1.54) is 22.3 Å². The number of aliphatic carboxylic acids is 1. The van der Waals surface area contributed by atoms with E-state index in [0.29, 0.717) is 31.7 Å². The van der Waals surface area contributed by atoms with Crippen molar-refractivity contribution in [1.82, 2.24) is 10.6 Å². The Bertz CT molecular complexity index is 1040. The van der Waals surface area contributed by atoms with Crippen molar-refractivity contribution >= 4 is 18.0 Å². The van der Waals surface area contributed by atoms with Gasteiger partial charge < -0.3 is 20.5 Å². The van der Waals surface area contributed by atoms with Gasteiger partial charge in [-0.2, -0.15) is 0 Å². The van der Waals surface area contributed by atoms with E-state index < -0.39 is 12.1 Å². The number of carbonyl (C=O) groups is 3. The van der Waals surface area contributed by atoms with Gasteiger partial charge in [-0.15, -0.1) is 0 Å². The summed E-state index contributed by atoms with van der Waals surface area (Å²) >= 11 is 0. The van der Waals surface area contributed by atoms with Gasteiger partial charge in [0.2, 0.25) is 5.91 Å². The molecule has 0 bridgehead atoms. The average Bonchev–Trinajstić information content (AvgIpc) is 3.60. The molecule has 2 fully saturated rings. The molecule has 0 aliphatic heterocycles. The molecule has 2 saturated carbocycles. The number of carbonyl (C=O) groups excluding carboxylic acids is 2. The number of carboxylic acid groups (broad SMARTS) is 1. The number of amides is 2. The van der Waals surface area contributed by atoms with Crippen molar-refractivity contribution in [2.75, 3.05) is 13.2 Å². The lowest BCUT2D eigenvalue weighted by Gasteiger charge is -2.33. The van der Waals surface area contributed by atoms with Gasteiger partial charge in [-0.05, 0) is 59.8 Å². The normalized spacial score (nSPS) is 21.5. The molecule has 3 N–H and O–H groups in total. The molecule has 178 valence electrons. The molecule has 0 radical (unpaired) electrons. The Hall–Kier alpha value is -3.35. The molecule has 0 heterocycles. The smallest absolute Gasteiger partial charge is 0.407 e. The number of hydrogen-bond donors (Lipinski definition) is 3. The lowest BCUT2D eigenvalue weighted by atomic mass is 9.80. The SMILES string of the molecule is O=C(CC(CNC(=O)OCC1c2ccccc2-c2ccccc21)C1CC1)NC1CC(C(=O)O)C1. The molecule has 0 spiro atoms. The minimum absolute atomic E-state index is 0.0141. The molecule has 1 atom stereocenters. The van der Waals surface area contributed by atoms with Gasteiger partial charge in [0.1, 0.15) is 6.61 Å². The maximum absolute atomic E-state index is 12.5. The molecule has 2 aromatic carbocycles. The molecule has 7 nitrogen and oxygen atoms in total. The predicted octanol–water partition coefficient (Wildman–Crippen LogP) is 3.92. The standard InChI is InChI=1S/C27H30N2O5/c30-25(29-19-11-17(12-19)26(31)32)13-18(16-9-10-16)14-28-27(33)34-15-24-22-7-3-1-5-20(22)21-6-2-4-8-23(21)24/h1-8,16-19,24H,9-15H2,(H,28,33)(H,29,30)(H,31,32). The minimum Gasteiger partial charge on any atom is -0.481 e. The Balaban J connectivity index is 1.10. The van der Waals surface area contributed by atoms with Crippen LogP contribution in [0.1, 0.15) is 49.1 Å². The Labute approximate surface area is 198 Å². The van der Waals surface area contributed by atoms with Crippen LogP contribution in [-0.2, 0) is 14.3 Å². The van der Waals surface area contributed by atoms with Gasteiger partial charge >= 0.3 is 12.1 Å². The zero-order valence-corrected chi connectivity index (χ0v) is 19.0. The molecule has 1 unspecified atom stereocenters. The van der Waals surface area contributed by atoms with Crippen molar-refractivity contribution in [2.45, 2.75) is 44.1 Å².